The van der Waals surface area contributed by atoms with Gasteiger partial charge in [0.15, 0.2) is 0 Å². The fraction of sp³-hybridized carbons (Fsp3) is 1.00. The molecule has 3 unspecified atom stereocenters. The van der Waals surface area contributed by atoms with Crippen LogP contribution in [0.15, 0.2) is 0 Å². The molecule has 0 spiro atoms. The summed E-state index contributed by atoms with van der Waals surface area (Å²) in [5.74, 6) is 0.893. The van der Waals surface area contributed by atoms with Crippen LogP contribution in [0, 0.1) is 5.92 Å². The molecule has 2 fully saturated rings. The Morgan fingerprint density at radius 2 is 2.18 bits per heavy atom. The van der Waals surface area contributed by atoms with Crippen molar-refractivity contribution in [1.82, 2.24) is 10.2 Å². The third-order valence-electron chi connectivity index (χ3n) is 4.71. The van der Waals surface area contributed by atoms with E-state index in [-0.39, 0.29) is 5.54 Å². The highest BCUT2D eigenvalue weighted by Gasteiger charge is 2.39. The summed E-state index contributed by atoms with van der Waals surface area (Å²) in [5.41, 5.74) is 6.25. The Morgan fingerprint density at radius 3 is 2.65 bits per heavy atom. The highest BCUT2D eigenvalue weighted by atomic mass is 15.2. The Balaban J connectivity index is 1.92. The van der Waals surface area contributed by atoms with E-state index >= 15 is 0 Å². The zero-order chi connectivity index (χ0) is 12.5. The van der Waals surface area contributed by atoms with Crippen molar-refractivity contribution in [2.24, 2.45) is 11.7 Å². The van der Waals surface area contributed by atoms with Crippen molar-refractivity contribution in [2.75, 3.05) is 19.6 Å². The first-order valence-electron chi connectivity index (χ1n) is 7.26. The molecule has 2 rings (SSSR count). The number of likely N-dealkylation sites (tertiary alicyclic amines) is 1. The van der Waals surface area contributed by atoms with Gasteiger partial charge >= 0.3 is 0 Å². The van der Waals surface area contributed by atoms with Crippen LogP contribution in [0.25, 0.3) is 0 Å². The van der Waals surface area contributed by atoms with Gasteiger partial charge in [-0.2, -0.15) is 0 Å². The monoisotopic (exact) mass is 239 g/mol. The maximum atomic E-state index is 6.05. The Bertz CT molecular complexity index is 254. The van der Waals surface area contributed by atoms with E-state index in [0.29, 0.717) is 12.1 Å². The zero-order valence-electron chi connectivity index (χ0n) is 11.7. The minimum Gasteiger partial charge on any atom is -0.329 e. The van der Waals surface area contributed by atoms with E-state index in [0.717, 1.165) is 19.0 Å². The Hall–Kier alpha value is -0.120. The molecule has 1 aliphatic heterocycles. The predicted molar refractivity (Wildman–Crippen MR) is 73.1 cm³/mol. The van der Waals surface area contributed by atoms with Crippen molar-refractivity contribution in [3.05, 3.63) is 0 Å². The molecule has 0 aromatic heterocycles. The van der Waals surface area contributed by atoms with E-state index in [9.17, 15) is 0 Å². The van der Waals surface area contributed by atoms with Crippen LogP contribution in [0.1, 0.15) is 46.5 Å². The summed E-state index contributed by atoms with van der Waals surface area (Å²) in [5, 5.41) is 3.89. The standard InChI is InChI=1S/C14H29N3/c1-11(2)17-7-6-14(9-15,10-17)16-13-5-4-12(3)8-13/h11-13,16H,4-10,15H2,1-3H3. The average molecular weight is 239 g/mol. The fourth-order valence-electron chi connectivity index (χ4n) is 3.46. The van der Waals surface area contributed by atoms with Gasteiger partial charge in [-0.15, -0.1) is 0 Å². The van der Waals surface area contributed by atoms with E-state index < -0.39 is 0 Å². The number of nitrogens with zero attached hydrogens (tertiary/aromatic N) is 1. The Kier molecular flexibility index (Phi) is 4.11. The van der Waals surface area contributed by atoms with Gasteiger partial charge in [-0.25, -0.2) is 0 Å². The summed E-state index contributed by atoms with van der Waals surface area (Å²) in [6.45, 7) is 10.0. The molecule has 1 heterocycles. The van der Waals surface area contributed by atoms with E-state index in [1.54, 1.807) is 0 Å². The van der Waals surface area contributed by atoms with Crippen molar-refractivity contribution in [3.8, 4) is 0 Å². The highest BCUT2D eigenvalue weighted by molar-refractivity contribution is 5.01. The Labute approximate surface area is 106 Å². The molecule has 0 radical (unpaired) electrons. The first-order valence-corrected chi connectivity index (χ1v) is 7.26. The number of nitrogens with two attached hydrogens (primary N) is 1. The third-order valence-corrected chi connectivity index (χ3v) is 4.71. The molecule has 100 valence electrons. The number of nitrogens with one attached hydrogen (secondary N) is 1. The normalized spacial score (nSPS) is 39.4. The van der Waals surface area contributed by atoms with Gasteiger partial charge in [-0.3, -0.25) is 4.90 Å². The van der Waals surface area contributed by atoms with Gasteiger partial charge in [0.2, 0.25) is 0 Å². The molecule has 1 saturated carbocycles. The van der Waals surface area contributed by atoms with Crippen LogP contribution >= 0.6 is 0 Å². The maximum absolute atomic E-state index is 6.05. The summed E-state index contributed by atoms with van der Waals surface area (Å²) in [7, 11) is 0. The minimum atomic E-state index is 0.193. The molecule has 1 saturated heterocycles. The summed E-state index contributed by atoms with van der Waals surface area (Å²) >= 11 is 0. The van der Waals surface area contributed by atoms with Crippen LogP contribution in [0.3, 0.4) is 0 Å². The molecule has 0 aromatic rings. The molecule has 0 amide bonds. The van der Waals surface area contributed by atoms with Crippen molar-refractivity contribution < 1.29 is 0 Å². The van der Waals surface area contributed by atoms with Crippen LogP contribution in [0.2, 0.25) is 0 Å². The first-order chi connectivity index (χ1) is 8.04. The van der Waals surface area contributed by atoms with Gasteiger partial charge in [0.05, 0.1) is 0 Å². The molecule has 1 aliphatic carbocycles. The second-order valence-electron chi connectivity index (χ2n) is 6.56. The molecule has 3 N–H and O–H groups in total. The fourth-order valence-corrected chi connectivity index (χ4v) is 3.46. The van der Waals surface area contributed by atoms with Gasteiger partial charge in [-0.05, 0) is 45.4 Å². The van der Waals surface area contributed by atoms with Crippen molar-refractivity contribution in [3.63, 3.8) is 0 Å². The average Bonchev–Trinajstić information content (AvgIpc) is 2.87. The van der Waals surface area contributed by atoms with E-state index in [4.69, 9.17) is 5.73 Å². The molecular weight excluding hydrogens is 210 g/mol. The lowest BCUT2D eigenvalue weighted by atomic mass is 9.96. The van der Waals surface area contributed by atoms with Crippen molar-refractivity contribution >= 4 is 0 Å². The topological polar surface area (TPSA) is 41.3 Å². The van der Waals surface area contributed by atoms with Gasteiger partial charge < -0.3 is 11.1 Å². The highest BCUT2D eigenvalue weighted by Crippen LogP contribution is 2.29. The summed E-state index contributed by atoms with van der Waals surface area (Å²) in [6.07, 6.45) is 5.27. The molecule has 2 aliphatic rings. The molecule has 17 heavy (non-hydrogen) atoms. The Morgan fingerprint density at radius 1 is 1.41 bits per heavy atom. The van der Waals surface area contributed by atoms with E-state index in [2.05, 4.69) is 31.0 Å². The third kappa shape index (κ3) is 3.01. The van der Waals surface area contributed by atoms with Crippen LogP contribution in [0.5, 0.6) is 0 Å². The summed E-state index contributed by atoms with van der Waals surface area (Å²) in [6, 6.07) is 1.35. The number of hydrogen-bond acceptors (Lipinski definition) is 3. The second kappa shape index (κ2) is 5.25. The smallest absolute Gasteiger partial charge is 0.0447 e. The molecular formula is C14H29N3. The van der Waals surface area contributed by atoms with Crippen molar-refractivity contribution in [2.45, 2.75) is 64.1 Å². The predicted octanol–water partition coefficient (Wildman–Crippen LogP) is 1.58. The second-order valence-corrected chi connectivity index (χ2v) is 6.56. The SMILES string of the molecule is CC1CCC(NC2(CN)CCN(C(C)C)C2)C1. The van der Waals surface area contributed by atoms with Gasteiger partial charge in [0, 0.05) is 37.3 Å². The first kappa shape index (κ1) is 13.3. The number of hydrogen-bond donors (Lipinski definition) is 2. The van der Waals surface area contributed by atoms with Crippen LogP contribution in [-0.4, -0.2) is 42.2 Å². The zero-order valence-corrected chi connectivity index (χ0v) is 11.7. The van der Waals surface area contributed by atoms with Crippen LogP contribution < -0.4 is 11.1 Å². The quantitative estimate of drug-likeness (QED) is 0.782. The molecule has 0 aromatic carbocycles. The molecule has 0 bridgehead atoms. The van der Waals surface area contributed by atoms with Crippen LogP contribution in [0.4, 0.5) is 0 Å². The van der Waals surface area contributed by atoms with Crippen molar-refractivity contribution in [1.29, 1.82) is 0 Å². The molecule has 3 nitrogen and oxygen atoms in total. The van der Waals surface area contributed by atoms with Gasteiger partial charge in [0.25, 0.3) is 0 Å². The largest absolute Gasteiger partial charge is 0.329 e. The lowest BCUT2D eigenvalue weighted by molar-refractivity contribution is 0.230. The van der Waals surface area contributed by atoms with Crippen LogP contribution in [-0.2, 0) is 0 Å². The summed E-state index contributed by atoms with van der Waals surface area (Å²) < 4.78 is 0. The minimum absolute atomic E-state index is 0.193. The number of rotatable bonds is 4. The van der Waals surface area contributed by atoms with Gasteiger partial charge in [0.1, 0.15) is 0 Å². The lowest BCUT2D eigenvalue weighted by Crippen LogP contribution is -2.56. The van der Waals surface area contributed by atoms with E-state index in [1.165, 1.54) is 32.2 Å². The maximum Gasteiger partial charge on any atom is 0.0447 e. The molecule has 3 heteroatoms. The molecule has 3 atom stereocenters. The van der Waals surface area contributed by atoms with Gasteiger partial charge in [-0.1, -0.05) is 6.92 Å². The lowest BCUT2D eigenvalue weighted by Gasteiger charge is -2.33. The summed E-state index contributed by atoms with van der Waals surface area (Å²) in [4.78, 5) is 2.55. The van der Waals surface area contributed by atoms with E-state index in [1.807, 2.05) is 0 Å².